The van der Waals surface area contributed by atoms with Crippen LogP contribution in [0, 0.1) is 0 Å². The quantitative estimate of drug-likeness (QED) is 0.783. The molecule has 0 amide bonds. The molecule has 1 unspecified atom stereocenters. The number of benzene rings is 1. The molecule has 1 aromatic rings. The summed E-state index contributed by atoms with van der Waals surface area (Å²) >= 11 is 2.05. The van der Waals surface area contributed by atoms with Gasteiger partial charge in [-0.05, 0) is 43.1 Å². The van der Waals surface area contributed by atoms with Gasteiger partial charge in [0.2, 0.25) is 0 Å². The fourth-order valence-corrected chi connectivity index (χ4v) is 3.74. The third-order valence-corrected chi connectivity index (χ3v) is 5.99. The molecule has 0 heterocycles. The zero-order valence-corrected chi connectivity index (χ0v) is 13.4. The number of nitrogens with one attached hydrogen (secondary N) is 1. The van der Waals surface area contributed by atoms with E-state index in [0.29, 0.717) is 10.8 Å². The molecule has 1 aliphatic carbocycles. The first kappa shape index (κ1) is 14.9. The summed E-state index contributed by atoms with van der Waals surface area (Å²) in [6, 6.07) is 9.65. The van der Waals surface area contributed by atoms with Gasteiger partial charge in [0.05, 0.1) is 0 Å². The van der Waals surface area contributed by atoms with Gasteiger partial charge in [-0.2, -0.15) is 11.8 Å². The molecule has 0 spiro atoms. The molecule has 2 rings (SSSR count). The van der Waals surface area contributed by atoms with Crippen LogP contribution in [0.15, 0.2) is 24.3 Å². The minimum Gasteiger partial charge on any atom is -0.309 e. The minimum atomic E-state index is 0.510. The maximum atomic E-state index is 3.80. The maximum Gasteiger partial charge on any atom is 0.0318 e. The van der Waals surface area contributed by atoms with Crippen LogP contribution in [0.2, 0.25) is 0 Å². The Morgan fingerprint density at radius 1 is 1.21 bits per heavy atom. The third kappa shape index (κ3) is 3.55. The molecule has 0 aliphatic heterocycles. The zero-order chi connectivity index (χ0) is 13.7. The molecule has 19 heavy (non-hydrogen) atoms. The highest BCUT2D eigenvalue weighted by atomic mass is 32.2. The summed E-state index contributed by atoms with van der Waals surface area (Å²) in [4.78, 5) is 0. The van der Waals surface area contributed by atoms with E-state index in [0.717, 1.165) is 19.4 Å². The summed E-state index contributed by atoms with van der Waals surface area (Å²) in [6.07, 6.45) is 8.72. The lowest BCUT2D eigenvalue weighted by atomic mass is 9.84. The Bertz CT molecular complexity index is 375. The van der Waals surface area contributed by atoms with Crippen LogP contribution in [0.4, 0.5) is 0 Å². The van der Waals surface area contributed by atoms with E-state index in [9.17, 15) is 0 Å². The van der Waals surface area contributed by atoms with Crippen LogP contribution in [0.5, 0.6) is 0 Å². The average Bonchev–Trinajstić information content (AvgIpc) is 2.42. The monoisotopic (exact) mass is 277 g/mol. The van der Waals surface area contributed by atoms with Crippen molar-refractivity contribution < 1.29 is 0 Å². The minimum absolute atomic E-state index is 0.510. The highest BCUT2D eigenvalue weighted by molar-refractivity contribution is 8.00. The first-order valence-corrected chi connectivity index (χ1v) is 8.83. The molecule has 1 fully saturated rings. The Morgan fingerprint density at radius 3 is 2.32 bits per heavy atom. The molecule has 2 heteroatoms. The van der Waals surface area contributed by atoms with Gasteiger partial charge in [-0.1, -0.05) is 44.5 Å². The highest BCUT2D eigenvalue weighted by Crippen LogP contribution is 2.42. The predicted octanol–water partition coefficient (Wildman–Crippen LogP) is 4.58. The Morgan fingerprint density at radius 2 is 1.89 bits per heavy atom. The van der Waals surface area contributed by atoms with Crippen molar-refractivity contribution >= 4 is 11.8 Å². The van der Waals surface area contributed by atoms with E-state index in [1.54, 1.807) is 0 Å². The molecular formula is C17H27NS. The van der Waals surface area contributed by atoms with E-state index in [4.69, 9.17) is 0 Å². The smallest absolute Gasteiger partial charge is 0.0318 e. The Kier molecular flexibility index (Phi) is 5.35. The lowest BCUT2D eigenvalue weighted by molar-refractivity contribution is 0.328. The molecule has 1 atom stereocenters. The van der Waals surface area contributed by atoms with Crippen molar-refractivity contribution in [2.24, 2.45) is 0 Å². The molecule has 0 saturated heterocycles. The van der Waals surface area contributed by atoms with Crippen molar-refractivity contribution in [1.29, 1.82) is 0 Å². The van der Waals surface area contributed by atoms with Crippen molar-refractivity contribution in [3.8, 4) is 0 Å². The zero-order valence-electron chi connectivity index (χ0n) is 12.5. The van der Waals surface area contributed by atoms with E-state index >= 15 is 0 Å². The summed E-state index contributed by atoms with van der Waals surface area (Å²) in [5.74, 6) is 0. The summed E-state index contributed by atoms with van der Waals surface area (Å²) in [6.45, 7) is 5.64. The normalized spacial score (nSPS) is 18.9. The van der Waals surface area contributed by atoms with Gasteiger partial charge in [0.25, 0.3) is 0 Å². The van der Waals surface area contributed by atoms with Crippen LogP contribution in [0.1, 0.15) is 56.7 Å². The lowest BCUT2D eigenvalue weighted by Crippen LogP contribution is -2.44. The van der Waals surface area contributed by atoms with Crippen LogP contribution in [-0.4, -0.2) is 17.5 Å². The molecule has 1 aromatic carbocycles. The number of hydrogen-bond donors (Lipinski definition) is 1. The van der Waals surface area contributed by atoms with E-state index in [1.165, 1.54) is 30.4 Å². The molecule has 106 valence electrons. The Hall–Kier alpha value is -0.470. The van der Waals surface area contributed by atoms with Gasteiger partial charge in [-0.3, -0.25) is 0 Å². The molecule has 0 radical (unpaired) electrons. The molecule has 1 nitrogen and oxygen atoms in total. The largest absolute Gasteiger partial charge is 0.309 e. The van der Waals surface area contributed by atoms with Crippen molar-refractivity contribution in [3.63, 3.8) is 0 Å². The second-order valence-corrected chi connectivity index (χ2v) is 6.95. The van der Waals surface area contributed by atoms with Crippen molar-refractivity contribution in [2.75, 3.05) is 12.8 Å². The first-order chi connectivity index (χ1) is 9.23. The molecule has 1 N–H and O–H groups in total. The number of hydrogen-bond acceptors (Lipinski definition) is 2. The van der Waals surface area contributed by atoms with Gasteiger partial charge in [-0.25, -0.2) is 0 Å². The fraction of sp³-hybridized carbons (Fsp3) is 0.647. The first-order valence-electron chi connectivity index (χ1n) is 7.60. The summed E-state index contributed by atoms with van der Waals surface area (Å²) < 4.78 is 0.525. The van der Waals surface area contributed by atoms with Crippen LogP contribution < -0.4 is 5.32 Å². The van der Waals surface area contributed by atoms with Crippen LogP contribution >= 0.6 is 11.8 Å². The van der Waals surface area contributed by atoms with Gasteiger partial charge in [0.1, 0.15) is 0 Å². The number of rotatable bonds is 7. The predicted molar refractivity (Wildman–Crippen MR) is 87.0 cm³/mol. The van der Waals surface area contributed by atoms with Gasteiger partial charge in [0, 0.05) is 17.3 Å². The number of aryl methyl sites for hydroxylation is 1. The Balaban J connectivity index is 1.95. The average molecular weight is 277 g/mol. The van der Waals surface area contributed by atoms with E-state index in [1.807, 2.05) is 0 Å². The van der Waals surface area contributed by atoms with E-state index < -0.39 is 0 Å². The topological polar surface area (TPSA) is 12.0 Å². The van der Waals surface area contributed by atoms with Crippen LogP contribution in [0.3, 0.4) is 0 Å². The van der Waals surface area contributed by atoms with Gasteiger partial charge in [-0.15, -0.1) is 0 Å². The highest BCUT2D eigenvalue weighted by Gasteiger charge is 2.36. The van der Waals surface area contributed by atoms with E-state index in [2.05, 4.69) is 61.4 Å². The molecular weight excluding hydrogens is 250 g/mol. The van der Waals surface area contributed by atoms with Crippen LogP contribution in [0.25, 0.3) is 0 Å². The third-order valence-electron chi connectivity index (χ3n) is 4.57. The fourth-order valence-electron chi connectivity index (χ4n) is 2.82. The molecule has 0 bridgehead atoms. The number of thioether (sulfide) groups is 1. The SMILES string of the molecule is CCc1ccc(C(CC)NCC2(SC)CCC2)cc1. The maximum absolute atomic E-state index is 3.80. The Labute approximate surface area is 122 Å². The molecule has 1 saturated carbocycles. The second-order valence-electron chi connectivity index (χ2n) is 5.68. The summed E-state index contributed by atoms with van der Waals surface area (Å²) in [5, 5.41) is 3.80. The van der Waals surface area contributed by atoms with Crippen molar-refractivity contribution in [3.05, 3.63) is 35.4 Å². The molecule has 0 aromatic heterocycles. The standard InChI is InChI=1S/C17H27NS/c1-4-14-7-9-15(10-8-14)16(5-2)18-13-17(19-3)11-6-12-17/h7-10,16,18H,4-6,11-13H2,1-3H3. The van der Waals surface area contributed by atoms with Crippen molar-refractivity contribution in [1.82, 2.24) is 5.32 Å². The van der Waals surface area contributed by atoms with Gasteiger partial charge < -0.3 is 5.32 Å². The van der Waals surface area contributed by atoms with Gasteiger partial charge >= 0.3 is 0 Å². The second kappa shape index (κ2) is 6.81. The lowest BCUT2D eigenvalue weighted by Gasteiger charge is -2.41. The molecule has 1 aliphatic rings. The summed E-state index contributed by atoms with van der Waals surface area (Å²) in [5.41, 5.74) is 2.87. The summed E-state index contributed by atoms with van der Waals surface area (Å²) in [7, 11) is 0. The van der Waals surface area contributed by atoms with Crippen molar-refractivity contribution in [2.45, 2.75) is 56.7 Å². The van der Waals surface area contributed by atoms with E-state index in [-0.39, 0.29) is 0 Å². The van der Waals surface area contributed by atoms with Gasteiger partial charge in [0.15, 0.2) is 0 Å². The van der Waals surface area contributed by atoms with Crippen LogP contribution in [-0.2, 0) is 6.42 Å².